The quantitative estimate of drug-likeness (QED) is 0.442. The number of carbonyl (C=O) groups excluding carboxylic acids is 1. The zero-order valence-corrected chi connectivity index (χ0v) is 18.8. The highest BCUT2D eigenvalue weighted by Crippen LogP contribution is 2.30. The van der Waals surface area contributed by atoms with Gasteiger partial charge in [-0.2, -0.15) is 5.10 Å². The van der Waals surface area contributed by atoms with E-state index < -0.39 is 0 Å². The van der Waals surface area contributed by atoms with Crippen LogP contribution in [0.2, 0.25) is 0 Å². The number of aryl methyl sites for hydroxylation is 1. The van der Waals surface area contributed by atoms with Crippen LogP contribution in [-0.4, -0.2) is 39.9 Å². The maximum atomic E-state index is 12.9. The first-order valence-electron chi connectivity index (χ1n) is 9.47. The Morgan fingerprint density at radius 1 is 1.13 bits per heavy atom. The van der Waals surface area contributed by atoms with E-state index in [1.165, 1.54) is 0 Å². The predicted octanol–water partition coefficient (Wildman–Crippen LogP) is 4.27. The lowest BCUT2D eigenvalue weighted by Crippen LogP contribution is -2.18. The van der Waals surface area contributed by atoms with Crippen LogP contribution < -0.4 is 10.1 Å². The van der Waals surface area contributed by atoms with Crippen LogP contribution in [0.1, 0.15) is 21.9 Å². The summed E-state index contributed by atoms with van der Waals surface area (Å²) in [7, 11) is 3.18. The first-order valence-corrected chi connectivity index (χ1v) is 10.3. The van der Waals surface area contributed by atoms with Gasteiger partial charge in [-0.3, -0.25) is 4.79 Å². The number of anilines is 1. The topological polar surface area (TPSA) is 90.6 Å². The molecule has 31 heavy (non-hydrogen) atoms. The molecule has 9 heteroatoms. The Morgan fingerprint density at radius 2 is 1.90 bits per heavy atom. The van der Waals surface area contributed by atoms with Gasteiger partial charge in [0.15, 0.2) is 11.3 Å². The second-order valence-electron chi connectivity index (χ2n) is 6.82. The summed E-state index contributed by atoms with van der Waals surface area (Å²) < 4.78 is 13.2. The molecule has 0 radical (unpaired) electrons. The van der Waals surface area contributed by atoms with Crippen LogP contribution in [0.3, 0.4) is 0 Å². The minimum atomic E-state index is -0.380. The number of amides is 1. The van der Waals surface area contributed by atoms with Crippen molar-refractivity contribution >= 4 is 33.2 Å². The highest BCUT2D eigenvalue weighted by atomic mass is 79.9. The van der Waals surface area contributed by atoms with Gasteiger partial charge in [0.2, 0.25) is 0 Å². The predicted molar refractivity (Wildman–Crippen MR) is 120 cm³/mol. The molecule has 0 aliphatic rings. The maximum absolute atomic E-state index is 12.9. The number of fused-ring (bicyclic) bond motifs is 1. The monoisotopic (exact) mass is 481 g/mol. The third kappa shape index (κ3) is 4.14. The number of ether oxygens (including phenoxy) is 2. The molecule has 158 valence electrons. The summed E-state index contributed by atoms with van der Waals surface area (Å²) >= 11 is 3.46. The highest BCUT2D eigenvalue weighted by molar-refractivity contribution is 9.10. The van der Waals surface area contributed by atoms with Gasteiger partial charge in [-0.15, -0.1) is 10.2 Å². The van der Waals surface area contributed by atoms with Gasteiger partial charge in [0, 0.05) is 23.3 Å². The smallest absolute Gasteiger partial charge is 0.278 e. The fourth-order valence-electron chi connectivity index (χ4n) is 3.30. The minimum Gasteiger partial charge on any atom is -0.497 e. The van der Waals surface area contributed by atoms with Crippen molar-refractivity contribution in [1.29, 1.82) is 0 Å². The molecular formula is C22H20BrN5O3. The SMILES string of the molecule is COCc1nn2c(C)c(C(=O)Nc3cccc(OC)c3)nnc2c1-c1ccc(Br)cc1. The van der Waals surface area contributed by atoms with Crippen molar-refractivity contribution in [3.63, 3.8) is 0 Å². The highest BCUT2D eigenvalue weighted by Gasteiger charge is 2.22. The van der Waals surface area contributed by atoms with Gasteiger partial charge in [0.05, 0.1) is 30.7 Å². The molecule has 0 spiro atoms. The van der Waals surface area contributed by atoms with Crippen LogP contribution >= 0.6 is 15.9 Å². The number of nitrogens with one attached hydrogen (secondary N) is 1. The largest absolute Gasteiger partial charge is 0.497 e. The van der Waals surface area contributed by atoms with Crippen LogP contribution in [0.4, 0.5) is 5.69 Å². The zero-order chi connectivity index (χ0) is 22.0. The number of aromatic nitrogens is 4. The molecule has 0 aliphatic carbocycles. The molecule has 0 aliphatic heterocycles. The van der Waals surface area contributed by atoms with Crippen molar-refractivity contribution in [1.82, 2.24) is 19.8 Å². The molecule has 2 heterocycles. The Bertz CT molecular complexity index is 1250. The second kappa shape index (κ2) is 8.83. The second-order valence-corrected chi connectivity index (χ2v) is 7.73. The molecule has 2 aromatic carbocycles. The molecule has 1 amide bonds. The minimum absolute atomic E-state index is 0.184. The molecular weight excluding hydrogens is 462 g/mol. The molecule has 0 fully saturated rings. The molecule has 0 bridgehead atoms. The van der Waals surface area contributed by atoms with Gasteiger partial charge in [-0.25, -0.2) is 4.52 Å². The van der Waals surface area contributed by atoms with Crippen LogP contribution in [0, 0.1) is 6.92 Å². The number of hydrogen-bond acceptors (Lipinski definition) is 6. The number of carbonyl (C=O) groups is 1. The molecule has 8 nitrogen and oxygen atoms in total. The van der Waals surface area contributed by atoms with Crippen molar-refractivity contribution in [2.45, 2.75) is 13.5 Å². The Kier molecular flexibility index (Phi) is 5.97. The zero-order valence-electron chi connectivity index (χ0n) is 17.2. The van der Waals surface area contributed by atoms with Gasteiger partial charge in [-0.1, -0.05) is 34.1 Å². The van der Waals surface area contributed by atoms with Gasteiger partial charge in [-0.05, 0) is 36.8 Å². The summed E-state index contributed by atoms with van der Waals surface area (Å²) in [6, 6.07) is 15.0. The Hall–Kier alpha value is -3.30. The van der Waals surface area contributed by atoms with Crippen LogP contribution in [0.15, 0.2) is 53.0 Å². The normalized spacial score (nSPS) is 11.0. The van der Waals surface area contributed by atoms with Gasteiger partial charge in [0.25, 0.3) is 5.91 Å². The molecule has 1 N–H and O–H groups in total. The van der Waals surface area contributed by atoms with E-state index in [-0.39, 0.29) is 11.6 Å². The summed E-state index contributed by atoms with van der Waals surface area (Å²) in [5, 5.41) is 16.0. The lowest BCUT2D eigenvalue weighted by molar-refractivity contribution is 0.102. The van der Waals surface area contributed by atoms with Crippen molar-refractivity contribution in [2.24, 2.45) is 0 Å². The lowest BCUT2D eigenvalue weighted by atomic mass is 10.1. The Morgan fingerprint density at radius 3 is 2.61 bits per heavy atom. The Labute approximate surface area is 187 Å². The van der Waals surface area contributed by atoms with Crippen molar-refractivity contribution in [2.75, 3.05) is 19.5 Å². The van der Waals surface area contributed by atoms with E-state index in [4.69, 9.17) is 9.47 Å². The van der Waals surface area contributed by atoms with Crippen molar-refractivity contribution < 1.29 is 14.3 Å². The van der Waals surface area contributed by atoms with Crippen LogP contribution in [-0.2, 0) is 11.3 Å². The number of nitrogens with zero attached hydrogens (tertiary/aromatic N) is 4. The first kappa shape index (κ1) is 21.0. The summed E-state index contributed by atoms with van der Waals surface area (Å²) in [4.78, 5) is 12.9. The van der Waals surface area contributed by atoms with Crippen LogP contribution in [0.5, 0.6) is 5.75 Å². The average Bonchev–Trinajstić information content (AvgIpc) is 3.14. The van der Waals surface area contributed by atoms with E-state index in [2.05, 4.69) is 36.5 Å². The van der Waals surface area contributed by atoms with Crippen molar-refractivity contribution in [3.8, 4) is 16.9 Å². The summed E-state index contributed by atoms with van der Waals surface area (Å²) in [6.45, 7) is 2.09. The average molecular weight is 482 g/mol. The van der Waals surface area contributed by atoms with Crippen LogP contribution in [0.25, 0.3) is 16.8 Å². The molecule has 0 atom stereocenters. The molecule has 0 unspecified atom stereocenters. The fraction of sp³-hybridized carbons (Fsp3) is 0.182. The molecule has 4 aromatic rings. The standard InChI is InChI=1S/C22H20BrN5O3/c1-13-20(22(29)24-16-5-4-6-17(11-16)31-3)25-26-21-19(14-7-9-15(23)10-8-14)18(12-30-2)27-28(13)21/h4-11H,12H2,1-3H3,(H,24,29). The molecule has 2 aromatic heterocycles. The molecule has 4 rings (SSSR count). The third-order valence-corrected chi connectivity index (χ3v) is 5.32. The molecule has 0 saturated heterocycles. The number of hydrogen-bond donors (Lipinski definition) is 1. The van der Waals surface area contributed by atoms with Gasteiger partial charge >= 0.3 is 0 Å². The first-order chi connectivity index (χ1) is 15.0. The van der Waals surface area contributed by atoms with E-state index in [1.54, 1.807) is 49.9 Å². The summed E-state index contributed by atoms with van der Waals surface area (Å²) in [5.74, 6) is 0.264. The maximum Gasteiger partial charge on any atom is 0.278 e. The number of methoxy groups -OCH3 is 2. The van der Waals surface area contributed by atoms with E-state index in [1.807, 2.05) is 24.3 Å². The van der Waals surface area contributed by atoms with E-state index >= 15 is 0 Å². The summed E-state index contributed by atoms with van der Waals surface area (Å²) in [5.41, 5.74) is 4.40. The molecule has 0 saturated carbocycles. The van der Waals surface area contributed by atoms with E-state index in [0.717, 1.165) is 15.6 Å². The van der Waals surface area contributed by atoms with Crippen molar-refractivity contribution in [3.05, 3.63) is 70.1 Å². The lowest BCUT2D eigenvalue weighted by Gasteiger charge is -2.09. The third-order valence-electron chi connectivity index (χ3n) is 4.80. The fourth-order valence-corrected chi connectivity index (χ4v) is 3.56. The number of halogens is 1. The number of benzene rings is 2. The summed E-state index contributed by atoms with van der Waals surface area (Å²) in [6.07, 6.45) is 0. The number of rotatable bonds is 6. The van der Waals surface area contributed by atoms with E-state index in [0.29, 0.717) is 35.1 Å². The van der Waals surface area contributed by atoms with Gasteiger partial charge in [0.1, 0.15) is 5.75 Å². The Balaban J connectivity index is 1.76. The van der Waals surface area contributed by atoms with E-state index in [9.17, 15) is 4.79 Å². The van der Waals surface area contributed by atoms with Gasteiger partial charge < -0.3 is 14.8 Å².